The topological polar surface area (TPSA) is 29.1 Å². The Morgan fingerprint density at radius 2 is 2.29 bits per heavy atom. The largest absolute Gasteiger partial charge is 0.322 e. The lowest BCUT2D eigenvalue weighted by atomic mass is 10.3. The van der Waals surface area contributed by atoms with E-state index in [0.29, 0.717) is 4.47 Å². The van der Waals surface area contributed by atoms with Gasteiger partial charge in [0.2, 0.25) is 5.91 Å². The molecule has 0 bridgehead atoms. The lowest BCUT2D eigenvalue weighted by Gasteiger charge is -2.07. The average molecular weight is 281 g/mol. The van der Waals surface area contributed by atoms with Crippen LogP contribution in [0.25, 0.3) is 0 Å². The van der Waals surface area contributed by atoms with Crippen molar-refractivity contribution in [3.05, 3.63) is 28.5 Å². The number of carbonyl (C=O) groups is 1. The van der Waals surface area contributed by atoms with Crippen LogP contribution >= 0.6 is 27.5 Å². The van der Waals surface area contributed by atoms with Gasteiger partial charge in [-0.1, -0.05) is 15.9 Å². The normalized spacial score (nSPS) is 12.3. The molecule has 1 aromatic rings. The van der Waals surface area contributed by atoms with Crippen LogP contribution in [0, 0.1) is 5.82 Å². The third-order valence-electron chi connectivity index (χ3n) is 1.55. The van der Waals surface area contributed by atoms with E-state index in [-0.39, 0.29) is 5.69 Å². The molecule has 1 aromatic carbocycles. The molecule has 2 nitrogen and oxygen atoms in total. The van der Waals surface area contributed by atoms with Crippen molar-refractivity contribution in [3.63, 3.8) is 0 Å². The number of rotatable bonds is 2. The molecule has 0 aliphatic heterocycles. The Kier molecular flexibility index (Phi) is 3.89. The van der Waals surface area contributed by atoms with Gasteiger partial charge in [-0.05, 0) is 25.1 Å². The molecule has 0 aliphatic rings. The predicted octanol–water partition coefficient (Wildman–Crippen LogP) is 3.15. The van der Waals surface area contributed by atoms with Gasteiger partial charge in [-0.15, -0.1) is 11.6 Å². The lowest BCUT2D eigenvalue weighted by molar-refractivity contribution is -0.115. The Hall–Kier alpha value is -0.610. The Balaban J connectivity index is 2.82. The number of halogens is 3. The van der Waals surface area contributed by atoms with Crippen molar-refractivity contribution >= 4 is 39.1 Å². The highest BCUT2D eigenvalue weighted by Gasteiger charge is 2.11. The zero-order chi connectivity index (χ0) is 10.7. The number of anilines is 1. The van der Waals surface area contributed by atoms with Crippen LogP contribution in [0.2, 0.25) is 0 Å². The van der Waals surface area contributed by atoms with Crippen molar-refractivity contribution < 1.29 is 9.18 Å². The maximum Gasteiger partial charge on any atom is 0.242 e. The molecule has 1 rings (SSSR count). The smallest absolute Gasteiger partial charge is 0.242 e. The highest BCUT2D eigenvalue weighted by Crippen LogP contribution is 2.19. The van der Waals surface area contributed by atoms with Crippen LogP contribution in [0.1, 0.15) is 6.92 Å². The third kappa shape index (κ3) is 2.96. The Bertz CT molecular complexity index is 357. The first kappa shape index (κ1) is 11.5. The van der Waals surface area contributed by atoms with E-state index in [1.165, 1.54) is 19.1 Å². The minimum atomic E-state index is -0.682. The van der Waals surface area contributed by atoms with E-state index in [4.69, 9.17) is 11.6 Å². The van der Waals surface area contributed by atoms with E-state index in [2.05, 4.69) is 21.2 Å². The van der Waals surface area contributed by atoms with Gasteiger partial charge < -0.3 is 5.32 Å². The Morgan fingerprint density at radius 1 is 1.64 bits per heavy atom. The molecule has 76 valence electrons. The standard InChI is InChI=1S/C9H8BrClFNO/c1-5(11)9(14)13-8-3-2-6(10)4-7(8)12/h2-5H,1H3,(H,13,14). The third-order valence-corrected chi connectivity index (χ3v) is 2.24. The number of hydrogen-bond donors (Lipinski definition) is 1. The molecule has 1 amide bonds. The summed E-state index contributed by atoms with van der Waals surface area (Å²) < 4.78 is 13.8. The summed E-state index contributed by atoms with van der Waals surface area (Å²) >= 11 is 8.63. The predicted molar refractivity (Wildman–Crippen MR) is 58.0 cm³/mol. The van der Waals surface area contributed by atoms with Gasteiger partial charge in [0, 0.05) is 4.47 Å². The van der Waals surface area contributed by atoms with Gasteiger partial charge in [0.05, 0.1) is 5.69 Å². The first-order chi connectivity index (χ1) is 6.50. The molecule has 0 saturated heterocycles. The van der Waals surface area contributed by atoms with E-state index in [0.717, 1.165) is 0 Å². The van der Waals surface area contributed by atoms with E-state index in [1.54, 1.807) is 6.07 Å². The van der Waals surface area contributed by atoms with Crippen LogP contribution in [0.15, 0.2) is 22.7 Å². The summed E-state index contributed by atoms with van der Waals surface area (Å²) in [6.07, 6.45) is 0. The van der Waals surface area contributed by atoms with E-state index in [1.807, 2.05) is 0 Å². The van der Waals surface area contributed by atoms with Gasteiger partial charge in [-0.2, -0.15) is 0 Å². The second-order valence-corrected chi connectivity index (χ2v) is 4.30. The summed E-state index contributed by atoms with van der Waals surface area (Å²) in [5, 5.41) is 1.69. The van der Waals surface area contributed by atoms with Crippen LogP contribution < -0.4 is 5.32 Å². The molecule has 5 heteroatoms. The molecule has 1 unspecified atom stereocenters. The van der Waals surface area contributed by atoms with Gasteiger partial charge in [0.1, 0.15) is 11.2 Å². The van der Waals surface area contributed by atoms with Crippen LogP contribution in [-0.2, 0) is 4.79 Å². The van der Waals surface area contributed by atoms with E-state index < -0.39 is 17.1 Å². The highest BCUT2D eigenvalue weighted by atomic mass is 79.9. The summed E-state index contributed by atoms with van der Waals surface area (Å²) in [5.41, 5.74) is 0.130. The van der Waals surface area contributed by atoms with Crippen molar-refractivity contribution in [1.82, 2.24) is 0 Å². The van der Waals surface area contributed by atoms with Gasteiger partial charge in [-0.25, -0.2) is 4.39 Å². The molecule has 0 aliphatic carbocycles. The molecule has 0 radical (unpaired) electrons. The molecular weight excluding hydrogens is 272 g/mol. The van der Waals surface area contributed by atoms with Crippen molar-refractivity contribution in [3.8, 4) is 0 Å². The fourth-order valence-corrected chi connectivity index (χ4v) is 1.21. The summed E-state index contributed by atoms with van der Waals surface area (Å²) in [5.74, 6) is -0.919. The number of alkyl halides is 1. The zero-order valence-corrected chi connectivity index (χ0v) is 9.69. The number of amides is 1. The van der Waals surface area contributed by atoms with Crippen LogP contribution in [0.3, 0.4) is 0 Å². The van der Waals surface area contributed by atoms with Gasteiger partial charge in [0.25, 0.3) is 0 Å². The monoisotopic (exact) mass is 279 g/mol. The highest BCUT2D eigenvalue weighted by molar-refractivity contribution is 9.10. The Labute approximate surface area is 94.6 Å². The van der Waals surface area contributed by atoms with Crippen LogP contribution in [-0.4, -0.2) is 11.3 Å². The number of hydrogen-bond acceptors (Lipinski definition) is 1. The fourth-order valence-electron chi connectivity index (χ4n) is 0.823. The van der Waals surface area contributed by atoms with Crippen molar-refractivity contribution in [2.45, 2.75) is 12.3 Å². The molecule has 0 fully saturated rings. The second kappa shape index (κ2) is 4.75. The first-order valence-electron chi connectivity index (χ1n) is 3.90. The Morgan fingerprint density at radius 3 is 2.79 bits per heavy atom. The maximum absolute atomic E-state index is 13.2. The van der Waals surface area contributed by atoms with Crippen LogP contribution in [0.5, 0.6) is 0 Å². The first-order valence-corrected chi connectivity index (χ1v) is 5.13. The minimum absolute atomic E-state index is 0.130. The molecule has 0 aromatic heterocycles. The molecule has 1 N–H and O–H groups in total. The van der Waals surface area contributed by atoms with Gasteiger partial charge in [-0.3, -0.25) is 4.79 Å². The fraction of sp³-hybridized carbons (Fsp3) is 0.222. The molecule has 1 atom stereocenters. The molecule has 0 heterocycles. The van der Waals surface area contributed by atoms with Gasteiger partial charge in [0.15, 0.2) is 0 Å². The number of benzene rings is 1. The maximum atomic E-state index is 13.2. The lowest BCUT2D eigenvalue weighted by Crippen LogP contribution is -2.20. The molecule has 14 heavy (non-hydrogen) atoms. The SMILES string of the molecule is CC(Cl)C(=O)Nc1ccc(Br)cc1F. The zero-order valence-electron chi connectivity index (χ0n) is 7.35. The van der Waals surface area contributed by atoms with E-state index >= 15 is 0 Å². The summed E-state index contributed by atoms with van der Waals surface area (Å²) in [6, 6.07) is 4.38. The second-order valence-electron chi connectivity index (χ2n) is 2.73. The number of carbonyl (C=O) groups excluding carboxylic acids is 1. The van der Waals surface area contributed by atoms with Crippen molar-refractivity contribution in [2.75, 3.05) is 5.32 Å². The van der Waals surface area contributed by atoms with Crippen molar-refractivity contribution in [2.24, 2.45) is 0 Å². The quantitative estimate of drug-likeness (QED) is 0.829. The van der Waals surface area contributed by atoms with E-state index in [9.17, 15) is 9.18 Å². The summed E-state index contributed by atoms with van der Waals surface area (Å²) in [4.78, 5) is 11.1. The summed E-state index contributed by atoms with van der Waals surface area (Å²) in [6.45, 7) is 1.52. The molecule has 0 spiro atoms. The minimum Gasteiger partial charge on any atom is -0.322 e. The van der Waals surface area contributed by atoms with Gasteiger partial charge >= 0.3 is 0 Å². The molecule has 0 saturated carbocycles. The molecular formula is C9H8BrClFNO. The van der Waals surface area contributed by atoms with Crippen LogP contribution in [0.4, 0.5) is 10.1 Å². The number of nitrogens with one attached hydrogen (secondary N) is 1. The summed E-state index contributed by atoms with van der Waals surface area (Å²) in [7, 11) is 0. The van der Waals surface area contributed by atoms with Crippen molar-refractivity contribution in [1.29, 1.82) is 0 Å². The average Bonchev–Trinajstić information content (AvgIpc) is 2.09.